The van der Waals surface area contributed by atoms with E-state index in [1.54, 1.807) is 6.08 Å². The van der Waals surface area contributed by atoms with Gasteiger partial charge in [-0.1, -0.05) is 6.08 Å². The van der Waals surface area contributed by atoms with Crippen LogP contribution in [-0.2, 0) is 9.53 Å². The highest BCUT2D eigenvalue weighted by atomic mass is 16.5. The van der Waals surface area contributed by atoms with Gasteiger partial charge in [0.15, 0.2) is 0 Å². The van der Waals surface area contributed by atoms with Gasteiger partial charge in [-0.3, -0.25) is 4.79 Å². The number of nitrogens with one attached hydrogen (secondary N) is 1. The highest BCUT2D eigenvalue weighted by Gasteiger charge is 2.16. The molecular formula is C11H20N2O2. The third kappa shape index (κ3) is 4.44. The molecule has 1 fully saturated rings. The van der Waals surface area contributed by atoms with Crippen molar-refractivity contribution in [2.75, 3.05) is 19.8 Å². The van der Waals surface area contributed by atoms with Crippen LogP contribution in [0.15, 0.2) is 12.7 Å². The zero-order chi connectivity index (χ0) is 11.1. The van der Waals surface area contributed by atoms with Crippen LogP contribution < -0.4 is 11.1 Å². The van der Waals surface area contributed by atoms with E-state index in [-0.39, 0.29) is 5.91 Å². The predicted molar refractivity (Wildman–Crippen MR) is 59.3 cm³/mol. The summed E-state index contributed by atoms with van der Waals surface area (Å²) < 4.78 is 5.24. The first-order chi connectivity index (χ1) is 7.24. The molecule has 0 aromatic heterocycles. The van der Waals surface area contributed by atoms with Crippen molar-refractivity contribution in [3.8, 4) is 0 Å². The molecule has 0 bridgehead atoms. The van der Waals surface area contributed by atoms with E-state index in [1.807, 2.05) is 0 Å². The summed E-state index contributed by atoms with van der Waals surface area (Å²) >= 11 is 0. The Kier molecular flexibility index (Phi) is 5.36. The summed E-state index contributed by atoms with van der Waals surface area (Å²) in [6, 6.07) is -0.456. The van der Waals surface area contributed by atoms with Crippen molar-refractivity contribution >= 4 is 5.91 Å². The number of amides is 1. The van der Waals surface area contributed by atoms with Crippen LogP contribution in [0.2, 0.25) is 0 Å². The molecule has 0 aliphatic carbocycles. The molecule has 0 spiro atoms. The molecule has 86 valence electrons. The van der Waals surface area contributed by atoms with Crippen LogP contribution in [0.25, 0.3) is 0 Å². The maximum Gasteiger partial charge on any atom is 0.237 e. The van der Waals surface area contributed by atoms with Crippen LogP contribution in [0.3, 0.4) is 0 Å². The van der Waals surface area contributed by atoms with E-state index in [0.29, 0.717) is 18.9 Å². The minimum absolute atomic E-state index is 0.0820. The first kappa shape index (κ1) is 12.2. The molecule has 1 amide bonds. The molecule has 4 heteroatoms. The normalized spacial score (nSPS) is 19.5. The Balaban J connectivity index is 2.17. The van der Waals surface area contributed by atoms with Crippen molar-refractivity contribution in [3.05, 3.63) is 12.7 Å². The Morgan fingerprint density at radius 3 is 2.87 bits per heavy atom. The number of hydrogen-bond acceptors (Lipinski definition) is 3. The highest BCUT2D eigenvalue weighted by Crippen LogP contribution is 2.13. The Labute approximate surface area is 90.9 Å². The van der Waals surface area contributed by atoms with Crippen LogP contribution in [0.4, 0.5) is 0 Å². The number of rotatable bonds is 5. The number of nitrogens with two attached hydrogens (primary N) is 1. The van der Waals surface area contributed by atoms with E-state index < -0.39 is 6.04 Å². The molecule has 1 atom stereocenters. The second kappa shape index (κ2) is 6.58. The van der Waals surface area contributed by atoms with Crippen LogP contribution >= 0.6 is 0 Å². The van der Waals surface area contributed by atoms with E-state index in [1.165, 1.54) is 0 Å². The third-order valence-corrected chi connectivity index (χ3v) is 2.66. The number of carbonyl (C=O) groups excluding carboxylic acids is 1. The first-order valence-electron chi connectivity index (χ1n) is 5.46. The molecule has 4 nitrogen and oxygen atoms in total. The van der Waals surface area contributed by atoms with Crippen molar-refractivity contribution in [2.45, 2.75) is 25.3 Å². The van der Waals surface area contributed by atoms with Gasteiger partial charge in [0.2, 0.25) is 5.91 Å². The van der Waals surface area contributed by atoms with Gasteiger partial charge >= 0.3 is 0 Å². The topological polar surface area (TPSA) is 64.4 Å². The van der Waals surface area contributed by atoms with Crippen LogP contribution in [0.5, 0.6) is 0 Å². The summed E-state index contributed by atoms with van der Waals surface area (Å²) in [6.07, 6.45) is 4.24. The minimum Gasteiger partial charge on any atom is -0.381 e. The van der Waals surface area contributed by atoms with Gasteiger partial charge in [-0.15, -0.1) is 6.58 Å². The predicted octanol–water partition coefficient (Wildman–Crippen LogP) is 0.433. The smallest absolute Gasteiger partial charge is 0.237 e. The Hall–Kier alpha value is -0.870. The van der Waals surface area contributed by atoms with Gasteiger partial charge in [-0.2, -0.15) is 0 Å². The molecule has 0 saturated carbocycles. The second-order valence-corrected chi connectivity index (χ2v) is 3.93. The quantitative estimate of drug-likeness (QED) is 0.650. The van der Waals surface area contributed by atoms with Crippen molar-refractivity contribution in [1.82, 2.24) is 5.32 Å². The maximum absolute atomic E-state index is 11.5. The summed E-state index contributed by atoms with van der Waals surface area (Å²) in [5.41, 5.74) is 5.64. The van der Waals surface area contributed by atoms with Crippen molar-refractivity contribution in [3.63, 3.8) is 0 Å². The third-order valence-electron chi connectivity index (χ3n) is 2.66. The van der Waals surface area contributed by atoms with E-state index in [2.05, 4.69) is 11.9 Å². The fraction of sp³-hybridized carbons (Fsp3) is 0.727. The van der Waals surface area contributed by atoms with Gasteiger partial charge < -0.3 is 15.8 Å². The van der Waals surface area contributed by atoms with E-state index in [4.69, 9.17) is 10.5 Å². The fourth-order valence-electron chi connectivity index (χ4n) is 1.61. The molecule has 3 N–H and O–H groups in total. The molecule has 1 aliphatic rings. The van der Waals surface area contributed by atoms with Gasteiger partial charge in [0.05, 0.1) is 6.04 Å². The summed E-state index contributed by atoms with van der Waals surface area (Å²) in [7, 11) is 0. The molecule has 1 saturated heterocycles. The monoisotopic (exact) mass is 212 g/mol. The summed E-state index contributed by atoms with van der Waals surface area (Å²) in [6.45, 7) is 5.88. The molecule has 0 radical (unpaired) electrons. The Morgan fingerprint density at radius 1 is 1.60 bits per heavy atom. The molecule has 15 heavy (non-hydrogen) atoms. The van der Waals surface area contributed by atoms with Crippen LogP contribution in [0, 0.1) is 5.92 Å². The lowest BCUT2D eigenvalue weighted by atomic mass is 10.0. The highest BCUT2D eigenvalue weighted by molar-refractivity contribution is 5.81. The average molecular weight is 212 g/mol. The van der Waals surface area contributed by atoms with Gasteiger partial charge in [-0.05, 0) is 25.2 Å². The number of hydrogen-bond donors (Lipinski definition) is 2. The second-order valence-electron chi connectivity index (χ2n) is 3.93. The lowest BCUT2D eigenvalue weighted by Crippen LogP contribution is -2.42. The fourth-order valence-corrected chi connectivity index (χ4v) is 1.61. The molecular weight excluding hydrogens is 192 g/mol. The molecule has 1 aliphatic heterocycles. The van der Waals surface area contributed by atoms with E-state index in [9.17, 15) is 4.79 Å². The first-order valence-corrected chi connectivity index (χ1v) is 5.46. The van der Waals surface area contributed by atoms with E-state index in [0.717, 1.165) is 26.1 Å². The van der Waals surface area contributed by atoms with Crippen molar-refractivity contribution < 1.29 is 9.53 Å². The number of carbonyl (C=O) groups is 1. The lowest BCUT2D eigenvalue weighted by molar-refractivity contribution is -0.122. The molecule has 1 unspecified atom stereocenters. The lowest BCUT2D eigenvalue weighted by Gasteiger charge is -2.22. The summed E-state index contributed by atoms with van der Waals surface area (Å²) in [4.78, 5) is 11.5. The van der Waals surface area contributed by atoms with Crippen molar-refractivity contribution in [2.24, 2.45) is 11.7 Å². The zero-order valence-electron chi connectivity index (χ0n) is 9.08. The number of ether oxygens (including phenoxy) is 1. The Morgan fingerprint density at radius 2 is 2.27 bits per heavy atom. The van der Waals surface area contributed by atoms with Gasteiger partial charge in [0.25, 0.3) is 0 Å². The van der Waals surface area contributed by atoms with Gasteiger partial charge in [0, 0.05) is 19.8 Å². The SMILES string of the molecule is C=CCC(N)C(=O)NCC1CCOCC1. The van der Waals surface area contributed by atoms with Crippen LogP contribution in [-0.4, -0.2) is 31.7 Å². The molecule has 1 heterocycles. The molecule has 0 aromatic carbocycles. The standard InChI is InChI=1S/C11H20N2O2/c1-2-3-10(12)11(14)13-8-9-4-6-15-7-5-9/h2,9-10H,1,3-8,12H2,(H,13,14). The molecule has 1 rings (SSSR count). The van der Waals surface area contributed by atoms with E-state index >= 15 is 0 Å². The summed E-state index contributed by atoms with van der Waals surface area (Å²) in [5.74, 6) is 0.458. The van der Waals surface area contributed by atoms with Gasteiger partial charge in [0.1, 0.15) is 0 Å². The molecule has 0 aromatic rings. The van der Waals surface area contributed by atoms with Crippen LogP contribution in [0.1, 0.15) is 19.3 Å². The largest absolute Gasteiger partial charge is 0.381 e. The maximum atomic E-state index is 11.5. The summed E-state index contributed by atoms with van der Waals surface area (Å²) in [5, 5.41) is 2.87. The Bertz CT molecular complexity index is 213. The minimum atomic E-state index is -0.456. The zero-order valence-corrected chi connectivity index (χ0v) is 9.08. The van der Waals surface area contributed by atoms with Crippen molar-refractivity contribution in [1.29, 1.82) is 0 Å². The average Bonchev–Trinajstić information content (AvgIpc) is 2.27. The van der Waals surface area contributed by atoms with Gasteiger partial charge in [-0.25, -0.2) is 0 Å².